The van der Waals surface area contributed by atoms with Crippen LogP contribution in [-0.2, 0) is 0 Å². The largest absolute Gasteiger partial charge is 0.464 e. The van der Waals surface area contributed by atoms with E-state index in [0.717, 1.165) is 79.1 Å². The fourth-order valence-electron chi connectivity index (χ4n) is 7.51. The molecule has 3 aliphatic rings. The molecule has 0 spiro atoms. The van der Waals surface area contributed by atoms with Crippen LogP contribution in [0.4, 0.5) is 22.7 Å². The standard InChI is InChI=1S/C47H36N6O/c1-3-14-31(15-4-1)32-16-11-17-33(28-32)43-50-44(52-45(51-43)35-19-13-21-37(30-35)47-49-40-25-8-10-27-42(40)54-47)34-18-12-20-36(29-34)46-48-39-24-7-9-26-41(39)53(46)38-22-5-2-6-23-38/h1-30,45-49H,(H,50,51,52). The van der Waals surface area contributed by atoms with Crippen molar-refractivity contribution in [3.05, 3.63) is 210 Å². The minimum absolute atomic E-state index is 0.111. The lowest BCUT2D eigenvalue weighted by Crippen LogP contribution is -2.36. The fourth-order valence-corrected chi connectivity index (χ4v) is 7.51. The average molecular weight is 701 g/mol. The first kappa shape index (κ1) is 31.6. The zero-order valence-corrected chi connectivity index (χ0v) is 29.3. The van der Waals surface area contributed by atoms with Crippen LogP contribution in [0.25, 0.3) is 11.1 Å². The SMILES string of the molecule is c1ccc(-c2cccc(C3=NC(c4cccc(C5Nc6ccccc6O5)c4)N=C(c4cccc(C5Nc6ccccc6N5c5ccccc5)c4)N3)c2)cc1. The van der Waals surface area contributed by atoms with Crippen LogP contribution in [0.5, 0.6) is 5.75 Å². The second-order valence-corrected chi connectivity index (χ2v) is 13.6. The molecule has 0 aromatic heterocycles. The first-order valence-electron chi connectivity index (χ1n) is 18.2. The van der Waals surface area contributed by atoms with Crippen LogP contribution in [0, 0.1) is 0 Å². The topological polar surface area (TPSA) is 73.3 Å². The van der Waals surface area contributed by atoms with Crippen molar-refractivity contribution in [2.24, 2.45) is 9.98 Å². The van der Waals surface area contributed by atoms with Gasteiger partial charge in [-0.25, -0.2) is 9.98 Å². The third-order valence-electron chi connectivity index (χ3n) is 10.1. The van der Waals surface area contributed by atoms with Crippen molar-refractivity contribution < 1.29 is 4.74 Å². The van der Waals surface area contributed by atoms with Gasteiger partial charge in [0.25, 0.3) is 0 Å². The molecule has 0 fully saturated rings. The molecule has 54 heavy (non-hydrogen) atoms. The Bertz CT molecular complexity index is 2530. The summed E-state index contributed by atoms with van der Waals surface area (Å²) in [7, 11) is 0. The van der Waals surface area contributed by atoms with Crippen LogP contribution in [-0.4, -0.2) is 11.7 Å². The molecule has 7 heteroatoms. The lowest BCUT2D eigenvalue weighted by Gasteiger charge is -2.28. The molecule has 10 rings (SSSR count). The zero-order valence-electron chi connectivity index (χ0n) is 29.3. The quantitative estimate of drug-likeness (QED) is 0.154. The molecule has 3 atom stereocenters. The highest BCUT2D eigenvalue weighted by molar-refractivity contribution is 6.16. The number of nitrogens with one attached hydrogen (secondary N) is 3. The molecule has 3 N–H and O–H groups in total. The predicted octanol–water partition coefficient (Wildman–Crippen LogP) is 10.6. The van der Waals surface area contributed by atoms with Gasteiger partial charge in [0.1, 0.15) is 23.6 Å². The monoisotopic (exact) mass is 700 g/mol. The molecule has 0 radical (unpaired) electrons. The van der Waals surface area contributed by atoms with Gasteiger partial charge in [0.2, 0.25) is 0 Å². The first-order valence-corrected chi connectivity index (χ1v) is 18.2. The molecular formula is C47H36N6O. The molecule has 3 aliphatic heterocycles. The summed E-state index contributed by atoms with van der Waals surface area (Å²) >= 11 is 0. The maximum Gasteiger partial charge on any atom is 0.196 e. The summed E-state index contributed by atoms with van der Waals surface area (Å²) in [4.78, 5) is 12.9. The van der Waals surface area contributed by atoms with Gasteiger partial charge in [-0.15, -0.1) is 0 Å². The molecule has 7 aromatic carbocycles. The van der Waals surface area contributed by atoms with E-state index in [-0.39, 0.29) is 12.4 Å². The van der Waals surface area contributed by atoms with Crippen LogP contribution in [0.15, 0.2) is 192 Å². The number of benzene rings is 7. The number of amidine groups is 2. The van der Waals surface area contributed by atoms with Crippen molar-refractivity contribution in [2.45, 2.75) is 18.6 Å². The predicted molar refractivity (Wildman–Crippen MR) is 219 cm³/mol. The molecule has 260 valence electrons. The number of aliphatic imine (C=N–C) groups is 2. The van der Waals surface area contributed by atoms with E-state index in [4.69, 9.17) is 14.7 Å². The van der Waals surface area contributed by atoms with Gasteiger partial charge in [0.05, 0.1) is 17.1 Å². The number of fused-ring (bicyclic) bond motifs is 2. The third kappa shape index (κ3) is 5.91. The first-order chi connectivity index (χ1) is 26.7. The molecule has 0 bridgehead atoms. The van der Waals surface area contributed by atoms with E-state index in [1.807, 2.05) is 30.3 Å². The van der Waals surface area contributed by atoms with Gasteiger partial charge in [0.15, 0.2) is 12.4 Å². The van der Waals surface area contributed by atoms with Crippen LogP contribution < -0.4 is 25.6 Å². The van der Waals surface area contributed by atoms with Crippen LogP contribution >= 0.6 is 0 Å². The number of hydrogen-bond donors (Lipinski definition) is 3. The van der Waals surface area contributed by atoms with Crippen LogP contribution in [0.1, 0.15) is 46.4 Å². The van der Waals surface area contributed by atoms with E-state index in [0.29, 0.717) is 0 Å². The highest BCUT2D eigenvalue weighted by atomic mass is 16.5. The number of ether oxygens (including phenoxy) is 1. The lowest BCUT2D eigenvalue weighted by atomic mass is 10.0. The molecule has 7 nitrogen and oxygen atoms in total. The van der Waals surface area contributed by atoms with Gasteiger partial charge in [-0.3, -0.25) is 0 Å². The Balaban J connectivity index is 1.04. The maximum atomic E-state index is 6.29. The Kier molecular flexibility index (Phi) is 7.87. The highest BCUT2D eigenvalue weighted by Crippen LogP contribution is 2.46. The minimum Gasteiger partial charge on any atom is -0.464 e. The summed E-state index contributed by atoms with van der Waals surface area (Å²) in [6, 6.07) is 63.0. The second-order valence-electron chi connectivity index (χ2n) is 13.6. The van der Waals surface area contributed by atoms with E-state index in [9.17, 15) is 0 Å². The Morgan fingerprint density at radius 3 is 1.89 bits per heavy atom. The van der Waals surface area contributed by atoms with E-state index in [2.05, 4.69) is 173 Å². The number of para-hydroxylation sites is 5. The van der Waals surface area contributed by atoms with Gasteiger partial charge < -0.3 is 25.6 Å². The van der Waals surface area contributed by atoms with Gasteiger partial charge >= 0.3 is 0 Å². The average Bonchev–Trinajstić information content (AvgIpc) is 3.87. The van der Waals surface area contributed by atoms with Crippen molar-refractivity contribution in [2.75, 3.05) is 15.5 Å². The highest BCUT2D eigenvalue weighted by Gasteiger charge is 2.32. The molecule has 3 unspecified atom stereocenters. The number of anilines is 4. The van der Waals surface area contributed by atoms with E-state index >= 15 is 0 Å². The summed E-state index contributed by atoms with van der Waals surface area (Å²) in [6.45, 7) is 0. The zero-order chi connectivity index (χ0) is 35.8. The number of nitrogens with zero attached hydrogens (tertiary/aromatic N) is 3. The fraction of sp³-hybridized carbons (Fsp3) is 0.0638. The third-order valence-corrected chi connectivity index (χ3v) is 10.1. The van der Waals surface area contributed by atoms with E-state index < -0.39 is 6.17 Å². The Morgan fingerprint density at radius 2 is 1.07 bits per heavy atom. The Labute approximate surface area is 314 Å². The van der Waals surface area contributed by atoms with Crippen LogP contribution in [0.3, 0.4) is 0 Å². The molecule has 0 amide bonds. The summed E-state index contributed by atoms with van der Waals surface area (Å²) in [6.07, 6.45) is -0.898. The lowest BCUT2D eigenvalue weighted by molar-refractivity contribution is 0.259. The van der Waals surface area contributed by atoms with Crippen molar-refractivity contribution in [1.29, 1.82) is 0 Å². The molecule has 7 aromatic rings. The van der Waals surface area contributed by atoms with Gasteiger partial charge in [0, 0.05) is 22.4 Å². The Morgan fingerprint density at radius 1 is 0.463 bits per heavy atom. The summed E-state index contributed by atoms with van der Waals surface area (Å²) in [5, 5.41) is 10.9. The molecule has 0 saturated heterocycles. The summed E-state index contributed by atoms with van der Waals surface area (Å²) < 4.78 is 6.29. The van der Waals surface area contributed by atoms with Gasteiger partial charge in [-0.1, -0.05) is 127 Å². The molecule has 0 saturated carbocycles. The molecule has 3 heterocycles. The summed E-state index contributed by atoms with van der Waals surface area (Å²) in [5.74, 6) is 2.37. The van der Waals surface area contributed by atoms with Crippen molar-refractivity contribution >= 4 is 34.4 Å². The van der Waals surface area contributed by atoms with Gasteiger partial charge in [-0.2, -0.15) is 0 Å². The van der Waals surface area contributed by atoms with Crippen LogP contribution in [0.2, 0.25) is 0 Å². The maximum absolute atomic E-state index is 6.29. The van der Waals surface area contributed by atoms with Gasteiger partial charge in [-0.05, 0) is 76.9 Å². The smallest absolute Gasteiger partial charge is 0.196 e. The van der Waals surface area contributed by atoms with E-state index in [1.165, 1.54) is 0 Å². The Hall–Kier alpha value is -7.12. The van der Waals surface area contributed by atoms with E-state index in [1.54, 1.807) is 0 Å². The summed E-state index contributed by atoms with van der Waals surface area (Å²) in [5.41, 5.74) is 11.7. The van der Waals surface area contributed by atoms with Crippen molar-refractivity contribution in [3.63, 3.8) is 0 Å². The van der Waals surface area contributed by atoms with Crippen molar-refractivity contribution in [3.8, 4) is 16.9 Å². The van der Waals surface area contributed by atoms with Crippen molar-refractivity contribution in [1.82, 2.24) is 5.32 Å². The normalized spacial score (nSPS) is 18.2. The molecule has 0 aliphatic carbocycles. The number of rotatable bonds is 7. The second kappa shape index (κ2) is 13.5. The minimum atomic E-state index is -0.487. The number of hydrogen-bond acceptors (Lipinski definition) is 7. The molecular weight excluding hydrogens is 665 g/mol.